The molecule has 4 rings (SSSR count). The first-order valence-corrected chi connectivity index (χ1v) is 20.5. The van der Waals surface area contributed by atoms with Crippen molar-refractivity contribution in [2.75, 3.05) is 20.8 Å². The summed E-state index contributed by atoms with van der Waals surface area (Å²) < 4.78 is 24.1. The summed E-state index contributed by atoms with van der Waals surface area (Å²) in [5.74, 6) is -8.03. The summed E-state index contributed by atoms with van der Waals surface area (Å²) in [5, 5.41) is 44.1. The van der Waals surface area contributed by atoms with Crippen LogP contribution in [0.2, 0.25) is 0 Å². The number of aliphatic hydroxyl groups is 4. The largest absolute Gasteiger partial charge is 0.456 e. The van der Waals surface area contributed by atoms with E-state index in [9.17, 15) is 39.6 Å². The molecule has 0 unspecified atom stereocenters. The van der Waals surface area contributed by atoms with E-state index in [1.165, 1.54) is 14.2 Å². The second-order valence-corrected chi connectivity index (χ2v) is 17.1. The lowest BCUT2D eigenvalue weighted by Crippen LogP contribution is -2.64. The maximum absolute atomic E-state index is 14.2. The van der Waals surface area contributed by atoms with Gasteiger partial charge in [0.15, 0.2) is 0 Å². The maximum atomic E-state index is 14.2. The normalized spacial score (nSPS) is 41.5. The second kappa shape index (κ2) is 20.3. The molecular weight excluding hydrogens is 722 g/mol. The number of methoxy groups -OCH3 is 2. The molecule has 3 heterocycles. The number of hydrogen-bond donors (Lipinski definition) is 4. The van der Waals surface area contributed by atoms with E-state index < -0.39 is 90.0 Å². The number of fused-ring (bicyclic) bond motifs is 3. The molecular formula is C43H67NO12. The molecule has 13 nitrogen and oxygen atoms in total. The van der Waals surface area contributed by atoms with Crippen LogP contribution in [0.25, 0.3) is 0 Å². The van der Waals surface area contributed by atoms with Gasteiger partial charge in [-0.1, -0.05) is 44.6 Å². The fourth-order valence-corrected chi connectivity index (χ4v) is 9.19. The maximum Gasteiger partial charge on any atom is 0.329 e. The average molecular weight is 790 g/mol. The van der Waals surface area contributed by atoms with Gasteiger partial charge >= 0.3 is 5.97 Å². The van der Waals surface area contributed by atoms with E-state index in [0.29, 0.717) is 56.9 Å². The van der Waals surface area contributed by atoms with Gasteiger partial charge < -0.3 is 44.3 Å². The standard InChI is InChI=1S/C43H67NO12/c1-9-12-30-18-24(2)17-25(3)19-36(53-7)39-37(54-8)21-27(5)43(52,56-39)40(49)41(50)44-16-11-10-13-31(44)42(51)55-38(28(6)33(46)23-34(30)47)26(4)20-29-14-15-32(45)35(48)22-29/h9,18,20,25,27-33,35-39,45-46,48,52H,1,10-17,19,21-23H2,2-8H3/b24-18+,26-20+/t25-,27+,28+,29-,30+,31-,32+,33-,35+,36+,37-,38+,39+,43+/m0/s1. The van der Waals surface area contributed by atoms with Crippen LogP contribution in [0.15, 0.2) is 36.0 Å². The highest BCUT2D eigenvalue weighted by Crippen LogP contribution is 2.39. The molecule has 13 heteroatoms. The minimum atomic E-state index is -2.52. The summed E-state index contributed by atoms with van der Waals surface area (Å²) in [5.41, 5.74) is 1.54. The number of Topliss-reactive ketones (excluding diaryl/α,β-unsaturated/α-hetero) is 2. The van der Waals surface area contributed by atoms with Crippen molar-refractivity contribution in [1.82, 2.24) is 4.90 Å². The van der Waals surface area contributed by atoms with Gasteiger partial charge in [-0.25, -0.2) is 4.79 Å². The summed E-state index contributed by atoms with van der Waals surface area (Å²) in [6.45, 7) is 13.0. The zero-order valence-corrected chi connectivity index (χ0v) is 34.4. The second-order valence-electron chi connectivity index (χ2n) is 17.1. The Kier molecular flexibility index (Phi) is 16.6. The third-order valence-corrected chi connectivity index (χ3v) is 12.6. The zero-order valence-electron chi connectivity index (χ0n) is 34.4. The lowest BCUT2D eigenvalue weighted by Gasteiger charge is -2.47. The number of carbonyl (C=O) groups is 4. The number of piperidine rings is 1. The third kappa shape index (κ3) is 10.8. The number of esters is 1. The molecule has 3 aliphatic heterocycles. The smallest absolute Gasteiger partial charge is 0.329 e. The summed E-state index contributed by atoms with van der Waals surface area (Å²) >= 11 is 0. The number of amides is 1. The van der Waals surface area contributed by atoms with Gasteiger partial charge in [0.25, 0.3) is 11.7 Å². The Morgan fingerprint density at radius 3 is 2.27 bits per heavy atom. The molecule has 1 saturated carbocycles. The zero-order chi connectivity index (χ0) is 41.5. The molecule has 1 aliphatic carbocycles. The van der Waals surface area contributed by atoms with Crippen molar-refractivity contribution >= 4 is 23.4 Å². The van der Waals surface area contributed by atoms with Crippen LogP contribution in [-0.4, -0.2) is 124 Å². The first-order chi connectivity index (χ1) is 26.4. The van der Waals surface area contributed by atoms with E-state index >= 15 is 0 Å². The van der Waals surface area contributed by atoms with Crippen LogP contribution in [0.4, 0.5) is 0 Å². The minimum Gasteiger partial charge on any atom is -0.456 e. The van der Waals surface area contributed by atoms with Crippen LogP contribution in [0.5, 0.6) is 0 Å². The highest BCUT2D eigenvalue weighted by atomic mass is 16.7. The van der Waals surface area contributed by atoms with E-state index in [-0.39, 0.29) is 43.4 Å². The molecule has 56 heavy (non-hydrogen) atoms. The predicted octanol–water partition coefficient (Wildman–Crippen LogP) is 3.98. The number of hydrogen-bond acceptors (Lipinski definition) is 12. The van der Waals surface area contributed by atoms with Crippen molar-refractivity contribution in [2.24, 2.45) is 29.6 Å². The van der Waals surface area contributed by atoms with E-state index in [1.807, 2.05) is 26.0 Å². The number of aliphatic hydroxyl groups excluding tert-OH is 3. The van der Waals surface area contributed by atoms with Crippen molar-refractivity contribution in [2.45, 2.75) is 160 Å². The molecule has 1 amide bonds. The number of ether oxygens (including phenoxy) is 4. The number of carbonyl (C=O) groups excluding carboxylic acids is 4. The number of nitrogens with zero attached hydrogens (tertiary/aromatic N) is 1. The molecule has 0 spiro atoms. The average Bonchev–Trinajstić information content (AvgIpc) is 3.16. The summed E-state index contributed by atoms with van der Waals surface area (Å²) in [6.07, 6.45) is 3.36. The monoisotopic (exact) mass is 789 g/mol. The van der Waals surface area contributed by atoms with E-state index in [4.69, 9.17) is 18.9 Å². The Morgan fingerprint density at radius 1 is 0.946 bits per heavy atom. The Hall–Kier alpha value is -2.78. The van der Waals surface area contributed by atoms with Crippen LogP contribution >= 0.6 is 0 Å². The summed E-state index contributed by atoms with van der Waals surface area (Å²) in [6, 6.07) is -1.16. The van der Waals surface area contributed by atoms with Crippen LogP contribution in [0.1, 0.15) is 105 Å². The SMILES string of the molecule is C=CC[C@@H]1/C=C(\C)C[C@H](C)C[C@@H](OC)[C@H]2O[C@@](O)(C(=O)C(=O)N3CCCC[C@H]3C(=O)O[C@H](/C(C)=C/[C@@H]3CC[C@@H](O)[C@H](O)C3)[C@H](C)[C@@H](O)CC1=O)[C@H](C)C[C@@H]2OC. The van der Waals surface area contributed by atoms with Crippen molar-refractivity contribution < 1.29 is 58.6 Å². The van der Waals surface area contributed by atoms with Gasteiger partial charge in [0.1, 0.15) is 24.0 Å². The van der Waals surface area contributed by atoms with Gasteiger partial charge in [-0.3, -0.25) is 14.4 Å². The first kappa shape index (κ1) is 45.9. The van der Waals surface area contributed by atoms with E-state index in [0.717, 1.165) is 10.5 Å². The van der Waals surface area contributed by atoms with E-state index in [1.54, 1.807) is 26.8 Å². The van der Waals surface area contributed by atoms with Crippen molar-refractivity contribution in [3.63, 3.8) is 0 Å². The lowest BCUT2D eigenvalue weighted by molar-refractivity contribution is -0.302. The highest BCUT2D eigenvalue weighted by molar-refractivity contribution is 6.39. The molecule has 2 bridgehead atoms. The van der Waals surface area contributed by atoms with Crippen LogP contribution in [-0.2, 0) is 38.1 Å². The highest BCUT2D eigenvalue weighted by Gasteiger charge is 2.56. The lowest BCUT2D eigenvalue weighted by atomic mass is 9.81. The molecule has 316 valence electrons. The Balaban J connectivity index is 1.78. The number of ketones is 2. The molecule has 0 radical (unpaired) electrons. The fraction of sp³-hybridized carbons (Fsp3) is 0.767. The van der Waals surface area contributed by atoms with Gasteiger partial charge in [-0.2, -0.15) is 0 Å². The fourth-order valence-electron chi connectivity index (χ4n) is 9.19. The first-order valence-electron chi connectivity index (χ1n) is 20.5. The number of cyclic esters (lactones) is 1. The van der Waals surface area contributed by atoms with E-state index in [2.05, 4.69) is 6.58 Å². The van der Waals surface area contributed by atoms with Crippen molar-refractivity contribution in [1.29, 1.82) is 0 Å². The van der Waals surface area contributed by atoms with Crippen molar-refractivity contribution in [3.05, 3.63) is 36.0 Å². The summed E-state index contributed by atoms with van der Waals surface area (Å²) in [7, 11) is 3.04. The molecule has 4 N–H and O–H groups in total. The molecule has 0 aromatic carbocycles. The Morgan fingerprint density at radius 2 is 1.62 bits per heavy atom. The van der Waals surface area contributed by atoms with Gasteiger partial charge in [0, 0.05) is 44.9 Å². The van der Waals surface area contributed by atoms with Crippen LogP contribution in [0.3, 0.4) is 0 Å². The number of allylic oxidation sites excluding steroid dienone is 4. The van der Waals surface area contributed by atoms with Gasteiger partial charge in [0.05, 0.1) is 30.5 Å². The topological polar surface area (TPSA) is 189 Å². The molecule has 14 atom stereocenters. The van der Waals surface area contributed by atoms with Gasteiger partial charge in [-0.05, 0) is 95.5 Å². The van der Waals surface area contributed by atoms with Crippen LogP contribution < -0.4 is 0 Å². The minimum absolute atomic E-state index is 0.00242. The van der Waals surface area contributed by atoms with Crippen molar-refractivity contribution in [3.8, 4) is 0 Å². The van der Waals surface area contributed by atoms with Crippen LogP contribution in [0, 0.1) is 29.6 Å². The molecule has 0 aromatic heterocycles. The van der Waals surface area contributed by atoms with Gasteiger partial charge in [-0.15, -0.1) is 6.58 Å². The molecule has 0 aromatic rings. The Labute approximate surface area is 332 Å². The molecule has 3 fully saturated rings. The number of rotatable bonds is 6. The molecule has 4 aliphatic rings. The summed E-state index contributed by atoms with van der Waals surface area (Å²) in [4.78, 5) is 57.6. The molecule has 2 saturated heterocycles. The Bertz CT molecular complexity index is 1460. The van der Waals surface area contributed by atoms with Gasteiger partial charge in [0.2, 0.25) is 5.79 Å². The quantitative estimate of drug-likeness (QED) is 0.172. The predicted molar refractivity (Wildman–Crippen MR) is 208 cm³/mol. The third-order valence-electron chi connectivity index (χ3n) is 12.6.